The molecule has 134 valence electrons. The SMILES string of the molecule is CCC(C)NC(=O)N1CCc2cc(OC)c(OC)cc2C1C(C)C. The van der Waals surface area contributed by atoms with Gasteiger partial charge in [-0.2, -0.15) is 0 Å². The van der Waals surface area contributed by atoms with E-state index in [1.165, 1.54) is 5.56 Å². The zero-order valence-electron chi connectivity index (χ0n) is 15.7. The minimum Gasteiger partial charge on any atom is -0.493 e. The maximum absolute atomic E-state index is 12.7. The van der Waals surface area contributed by atoms with E-state index in [1.807, 2.05) is 24.0 Å². The molecule has 0 aliphatic carbocycles. The number of benzene rings is 1. The molecule has 1 aromatic rings. The highest BCUT2D eigenvalue weighted by Crippen LogP contribution is 2.41. The molecule has 0 saturated heterocycles. The summed E-state index contributed by atoms with van der Waals surface area (Å²) in [5, 5.41) is 3.10. The predicted octanol–water partition coefficient (Wildman–Crippen LogP) is 3.77. The quantitative estimate of drug-likeness (QED) is 0.892. The third-order valence-electron chi connectivity index (χ3n) is 4.80. The van der Waals surface area contributed by atoms with Crippen LogP contribution in [-0.4, -0.2) is 37.7 Å². The average molecular weight is 334 g/mol. The molecule has 5 heteroatoms. The van der Waals surface area contributed by atoms with Crippen molar-refractivity contribution in [2.75, 3.05) is 20.8 Å². The van der Waals surface area contributed by atoms with Crippen molar-refractivity contribution in [3.63, 3.8) is 0 Å². The largest absolute Gasteiger partial charge is 0.493 e. The maximum Gasteiger partial charge on any atom is 0.318 e. The van der Waals surface area contributed by atoms with Gasteiger partial charge in [0.1, 0.15) is 0 Å². The molecule has 0 bridgehead atoms. The molecule has 5 nitrogen and oxygen atoms in total. The van der Waals surface area contributed by atoms with Crippen LogP contribution < -0.4 is 14.8 Å². The first-order chi connectivity index (χ1) is 11.4. The summed E-state index contributed by atoms with van der Waals surface area (Å²) in [6, 6.07) is 4.31. The number of hydrogen-bond acceptors (Lipinski definition) is 3. The Morgan fingerprint density at radius 2 is 1.88 bits per heavy atom. The molecular formula is C19H30N2O3. The van der Waals surface area contributed by atoms with Crippen molar-refractivity contribution >= 4 is 6.03 Å². The fourth-order valence-electron chi connectivity index (χ4n) is 3.32. The summed E-state index contributed by atoms with van der Waals surface area (Å²) in [5.41, 5.74) is 2.40. The molecule has 1 aliphatic heterocycles. The lowest BCUT2D eigenvalue weighted by molar-refractivity contribution is 0.145. The second kappa shape index (κ2) is 7.77. The third-order valence-corrected chi connectivity index (χ3v) is 4.80. The summed E-state index contributed by atoms with van der Waals surface area (Å²) in [5.74, 6) is 1.77. The van der Waals surface area contributed by atoms with Crippen molar-refractivity contribution in [3.05, 3.63) is 23.3 Å². The van der Waals surface area contributed by atoms with Gasteiger partial charge in [0, 0.05) is 12.6 Å². The summed E-state index contributed by atoms with van der Waals surface area (Å²) >= 11 is 0. The second-order valence-corrected chi connectivity index (χ2v) is 6.80. The van der Waals surface area contributed by atoms with E-state index in [0.717, 1.165) is 24.2 Å². The predicted molar refractivity (Wildman–Crippen MR) is 95.8 cm³/mol. The lowest BCUT2D eigenvalue weighted by Gasteiger charge is -2.40. The molecule has 0 aromatic heterocycles. The van der Waals surface area contributed by atoms with Crippen LogP contribution in [0.3, 0.4) is 0 Å². The summed E-state index contributed by atoms with van der Waals surface area (Å²) in [6.45, 7) is 9.13. The lowest BCUT2D eigenvalue weighted by Crippen LogP contribution is -2.49. The number of ether oxygens (including phenoxy) is 2. The van der Waals surface area contributed by atoms with Gasteiger partial charge in [-0.3, -0.25) is 0 Å². The van der Waals surface area contributed by atoms with Gasteiger partial charge in [-0.25, -0.2) is 4.79 Å². The van der Waals surface area contributed by atoms with Crippen molar-refractivity contribution in [1.82, 2.24) is 10.2 Å². The van der Waals surface area contributed by atoms with E-state index in [2.05, 4.69) is 26.1 Å². The molecule has 1 aliphatic rings. The fraction of sp³-hybridized carbons (Fsp3) is 0.632. The van der Waals surface area contributed by atoms with Gasteiger partial charge in [-0.15, -0.1) is 0 Å². The van der Waals surface area contributed by atoms with Crippen LogP contribution in [0.1, 0.15) is 51.3 Å². The Kier molecular flexibility index (Phi) is 5.97. The number of urea groups is 1. The number of methoxy groups -OCH3 is 2. The topological polar surface area (TPSA) is 50.8 Å². The van der Waals surface area contributed by atoms with Crippen LogP contribution in [0.2, 0.25) is 0 Å². The molecule has 1 aromatic carbocycles. The van der Waals surface area contributed by atoms with Gasteiger partial charge >= 0.3 is 6.03 Å². The van der Waals surface area contributed by atoms with Gasteiger partial charge in [0.25, 0.3) is 0 Å². The van der Waals surface area contributed by atoms with Crippen molar-refractivity contribution in [3.8, 4) is 11.5 Å². The average Bonchev–Trinajstić information content (AvgIpc) is 2.58. The van der Waals surface area contributed by atoms with Gasteiger partial charge in [0.05, 0.1) is 20.3 Å². The van der Waals surface area contributed by atoms with E-state index in [9.17, 15) is 4.79 Å². The third kappa shape index (κ3) is 3.60. The Hall–Kier alpha value is -1.91. The number of carbonyl (C=O) groups is 1. The number of hydrogen-bond donors (Lipinski definition) is 1. The molecule has 0 saturated carbocycles. The Morgan fingerprint density at radius 1 is 1.25 bits per heavy atom. The minimum atomic E-state index is 0.0171. The fourth-order valence-corrected chi connectivity index (χ4v) is 3.32. The van der Waals surface area contributed by atoms with Crippen LogP contribution in [-0.2, 0) is 6.42 Å². The smallest absolute Gasteiger partial charge is 0.318 e. The van der Waals surface area contributed by atoms with E-state index in [1.54, 1.807) is 14.2 Å². The maximum atomic E-state index is 12.7. The molecule has 2 rings (SSSR count). The molecule has 1 heterocycles. The van der Waals surface area contributed by atoms with Gasteiger partial charge in [-0.1, -0.05) is 20.8 Å². The lowest BCUT2D eigenvalue weighted by atomic mass is 9.86. The van der Waals surface area contributed by atoms with Crippen molar-refractivity contribution in [1.29, 1.82) is 0 Å². The molecule has 0 radical (unpaired) electrons. The molecule has 24 heavy (non-hydrogen) atoms. The first-order valence-corrected chi connectivity index (χ1v) is 8.74. The van der Waals surface area contributed by atoms with Crippen LogP contribution >= 0.6 is 0 Å². The Balaban J connectivity index is 2.39. The highest BCUT2D eigenvalue weighted by atomic mass is 16.5. The number of nitrogens with zero attached hydrogens (tertiary/aromatic N) is 1. The van der Waals surface area contributed by atoms with Gasteiger partial charge in [0.15, 0.2) is 11.5 Å². The van der Waals surface area contributed by atoms with Gasteiger partial charge in [0.2, 0.25) is 0 Å². The number of nitrogens with one attached hydrogen (secondary N) is 1. The minimum absolute atomic E-state index is 0.0171. The molecule has 2 amide bonds. The normalized spacial score (nSPS) is 18.1. The first kappa shape index (κ1) is 18.4. The monoisotopic (exact) mass is 334 g/mol. The number of amides is 2. The van der Waals surface area contributed by atoms with Crippen molar-refractivity contribution in [2.45, 2.75) is 52.6 Å². The number of fused-ring (bicyclic) bond motifs is 1. The van der Waals surface area contributed by atoms with E-state index < -0.39 is 0 Å². The molecule has 1 N–H and O–H groups in total. The first-order valence-electron chi connectivity index (χ1n) is 8.74. The standard InChI is InChI=1S/C19H30N2O3/c1-7-13(4)20-19(22)21-9-8-14-10-16(23-5)17(24-6)11-15(14)18(21)12(2)3/h10-13,18H,7-9H2,1-6H3,(H,20,22). The van der Waals surface area contributed by atoms with E-state index in [4.69, 9.17) is 9.47 Å². The summed E-state index contributed by atoms with van der Waals surface area (Å²) in [7, 11) is 3.30. The second-order valence-electron chi connectivity index (χ2n) is 6.80. The van der Waals surface area contributed by atoms with Crippen LogP contribution in [0.15, 0.2) is 12.1 Å². The summed E-state index contributed by atoms with van der Waals surface area (Å²) in [6.07, 6.45) is 1.75. The summed E-state index contributed by atoms with van der Waals surface area (Å²) in [4.78, 5) is 14.7. The molecule has 2 unspecified atom stereocenters. The van der Waals surface area contributed by atoms with Crippen LogP contribution in [0.25, 0.3) is 0 Å². The van der Waals surface area contributed by atoms with Crippen molar-refractivity contribution in [2.24, 2.45) is 5.92 Å². The molecule has 2 atom stereocenters. The van der Waals surface area contributed by atoms with Crippen LogP contribution in [0.5, 0.6) is 11.5 Å². The molecular weight excluding hydrogens is 304 g/mol. The van der Waals surface area contributed by atoms with Crippen LogP contribution in [0.4, 0.5) is 4.79 Å². The molecule has 0 fully saturated rings. The van der Waals surface area contributed by atoms with Gasteiger partial charge in [-0.05, 0) is 48.9 Å². The van der Waals surface area contributed by atoms with E-state index in [-0.39, 0.29) is 18.1 Å². The van der Waals surface area contributed by atoms with E-state index >= 15 is 0 Å². The highest BCUT2D eigenvalue weighted by Gasteiger charge is 2.34. The highest BCUT2D eigenvalue weighted by molar-refractivity contribution is 5.75. The Labute approximate surface area is 145 Å². The zero-order chi connectivity index (χ0) is 17.9. The van der Waals surface area contributed by atoms with E-state index in [0.29, 0.717) is 18.2 Å². The summed E-state index contributed by atoms with van der Waals surface area (Å²) < 4.78 is 10.9. The Morgan fingerprint density at radius 3 is 2.42 bits per heavy atom. The zero-order valence-corrected chi connectivity index (χ0v) is 15.7. The van der Waals surface area contributed by atoms with Crippen LogP contribution in [0, 0.1) is 5.92 Å². The number of carbonyl (C=O) groups excluding carboxylic acids is 1. The Bertz CT molecular complexity index is 586. The van der Waals surface area contributed by atoms with Gasteiger partial charge < -0.3 is 19.7 Å². The number of rotatable bonds is 5. The molecule has 0 spiro atoms. The van der Waals surface area contributed by atoms with Crippen molar-refractivity contribution < 1.29 is 14.3 Å².